The monoisotopic (exact) mass is 887 g/mol. The van der Waals surface area contributed by atoms with Crippen LogP contribution in [0.5, 0.6) is 0 Å². The summed E-state index contributed by atoms with van der Waals surface area (Å²) in [5.74, 6) is -0.967. The molecule has 0 rings (SSSR count). The Kier molecular flexibility index (Phi) is 48.5. The van der Waals surface area contributed by atoms with Gasteiger partial charge in [0.05, 0.1) is 0 Å². The van der Waals surface area contributed by atoms with Crippen LogP contribution in [0.15, 0.2) is 109 Å². The number of esters is 3. The van der Waals surface area contributed by atoms with E-state index in [0.717, 1.165) is 116 Å². The molecule has 0 aromatic rings. The summed E-state index contributed by atoms with van der Waals surface area (Å²) in [4.78, 5) is 38.0. The van der Waals surface area contributed by atoms with E-state index >= 15 is 0 Å². The van der Waals surface area contributed by atoms with Crippen LogP contribution in [0.4, 0.5) is 0 Å². The van der Waals surface area contributed by atoms with Gasteiger partial charge in [-0.1, -0.05) is 207 Å². The molecule has 0 bridgehead atoms. The van der Waals surface area contributed by atoms with Crippen LogP contribution in [0, 0.1) is 0 Å². The lowest BCUT2D eigenvalue weighted by Gasteiger charge is -2.18. The van der Waals surface area contributed by atoms with Crippen LogP contribution < -0.4 is 0 Å². The molecule has 6 heteroatoms. The van der Waals surface area contributed by atoms with Gasteiger partial charge in [-0.15, -0.1) is 0 Å². The normalized spacial score (nSPS) is 13.0. The topological polar surface area (TPSA) is 78.9 Å². The molecule has 0 aliphatic heterocycles. The number of ether oxygens (including phenoxy) is 3. The molecule has 64 heavy (non-hydrogen) atoms. The number of carbonyl (C=O) groups excluding carboxylic acids is 3. The van der Waals surface area contributed by atoms with E-state index in [9.17, 15) is 14.4 Å². The van der Waals surface area contributed by atoms with Crippen LogP contribution in [0.3, 0.4) is 0 Å². The third kappa shape index (κ3) is 49.1. The van der Waals surface area contributed by atoms with Crippen molar-refractivity contribution in [3.05, 3.63) is 109 Å². The minimum absolute atomic E-state index is 0.102. The number of carbonyl (C=O) groups is 3. The van der Waals surface area contributed by atoms with Crippen LogP contribution in [-0.2, 0) is 28.6 Å². The molecule has 0 fully saturated rings. The highest BCUT2D eigenvalue weighted by molar-refractivity contribution is 5.71. The van der Waals surface area contributed by atoms with Gasteiger partial charge in [-0.2, -0.15) is 0 Å². The minimum Gasteiger partial charge on any atom is -0.462 e. The first-order valence-corrected chi connectivity index (χ1v) is 25.9. The molecule has 0 radical (unpaired) electrons. The molecule has 0 aromatic heterocycles. The smallest absolute Gasteiger partial charge is 0.306 e. The molecular weight excluding hydrogens is 793 g/mol. The van der Waals surface area contributed by atoms with E-state index in [0.29, 0.717) is 19.3 Å². The Labute approximate surface area is 393 Å². The fourth-order valence-electron chi connectivity index (χ4n) is 6.73. The van der Waals surface area contributed by atoms with Gasteiger partial charge in [-0.3, -0.25) is 14.4 Å². The SMILES string of the molecule is CC\C=C/C=C\C=C/C=C\CCCCCCCC(=O)OC(COC(=O)CCCCC/C=C\C/C=C\C/C=C\C/C=C\CC)COC(=O)CCCCCCCCC/C=C\CCCCCC. The lowest BCUT2D eigenvalue weighted by atomic mass is 10.1. The zero-order valence-corrected chi connectivity index (χ0v) is 41.3. The van der Waals surface area contributed by atoms with Crippen molar-refractivity contribution < 1.29 is 28.6 Å². The third-order valence-electron chi connectivity index (χ3n) is 10.6. The molecular formula is C58H94O6. The number of allylic oxidation sites excluding steroid dienone is 18. The van der Waals surface area contributed by atoms with Crippen molar-refractivity contribution in [3.63, 3.8) is 0 Å². The Morgan fingerprint density at radius 3 is 1.17 bits per heavy atom. The van der Waals surface area contributed by atoms with Gasteiger partial charge in [0, 0.05) is 19.3 Å². The Balaban J connectivity index is 4.51. The van der Waals surface area contributed by atoms with Crippen molar-refractivity contribution >= 4 is 17.9 Å². The van der Waals surface area contributed by atoms with E-state index in [2.05, 4.69) is 106 Å². The lowest BCUT2D eigenvalue weighted by Crippen LogP contribution is -2.30. The Hall–Kier alpha value is -3.93. The van der Waals surface area contributed by atoms with Crippen molar-refractivity contribution in [2.75, 3.05) is 13.2 Å². The van der Waals surface area contributed by atoms with E-state index in [1.54, 1.807) is 0 Å². The van der Waals surface area contributed by atoms with Gasteiger partial charge in [0.25, 0.3) is 0 Å². The van der Waals surface area contributed by atoms with Gasteiger partial charge in [0.15, 0.2) is 6.10 Å². The molecule has 0 aliphatic carbocycles. The largest absolute Gasteiger partial charge is 0.462 e. The molecule has 0 heterocycles. The van der Waals surface area contributed by atoms with Gasteiger partial charge in [0.1, 0.15) is 13.2 Å². The molecule has 0 aromatic carbocycles. The Morgan fingerprint density at radius 2 is 0.688 bits per heavy atom. The van der Waals surface area contributed by atoms with Gasteiger partial charge >= 0.3 is 17.9 Å². The van der Waals surface area contributed by atoms with Crippen LogP contribution in [0.1, 0.15) is 220 Å². The fraction of sp³-hybridized carbons (Fsp3) is 0.638. The van der Waals surface area contributed by atoms with E-state index < -0.39 is 6.10 Å². The maximum absolute atomic E-state index is 12.8. The van der Waals surface area contributed by atoms with Crippen LogP contribution >= 0.6 is 0 Å². The fourth-order valence-corrected chi connectivity index (χ4v) is 6.73. The van der Waals surface area contributed by atoms with Gasteiger partial charge in [-0.25, -0.2) is 0 Å². The maximum Gasteiger partial charge on any atom is 0.306 e. The summed E-state index contributed by atoms with van der Waals surface area (Å²) in [6, 6.07) is 0. The Bertz CT molecular complexity index is 1340. The summed E-state index contributed by atoms with van der Waals surface area (Å²) in [5.41, 5.74) is 0. The van der Waals surface area contributed by atoms with Crippen LogP contribution in [0.2, 0.25) is 0 Å². The zero-order chi connectivity index (χ0) is 46.5. The maximum atomic E-state index is 12.8. The molecule has 0 spiro atoms. The quantitative estimate of drug-likeness (QED) is 0.0199. The second-order valence-electron chi connectivity index (χ2n) is 16.8. The number of rotatable bonds is 45. The van der Waals surface area contributed by atoms with Gasteiger partial charge in [0.2, 0.25) is 0 Å². The molecule has 1 atom stereocenters. The molecule has 0 amide bonds. The minimum atomic E-state index is -0.807. The summed E-state index contributed by atoms with van der Waals surface area (Å²) in [7, 11) is 0. The summed E-state index contributed by atoms with van der Waals surface area (Å²) in [5, 5.41) is 0. The summed E-state index contributed by atoms with van der Waals surface area (Å²) in [6.45, 7) is 6.31. The average Bonchev–Trinajstić information content (AvgIpc) is 3.29. The molecule has 0 saturated carbocycles. The van der Waals surface area contributed by atoms with Gasteiger partial charge < -0.3 is 14.2 Å². The second kappa shape index (κ2) is 51.7. The van der Waals surface area contributed by atoms with E-state index in [1.165, 1.54) is 64.2 Å². The van der Waals surface area contributed by atoms with Crippen molar-refractivity contribution in [1.29, 1.82) is 0 Å². The predicted molar refractivity (Wildman–Crippen MR) is 274 cm³/mol. The first-order valence-electron chi connectivity index (χ1n) is 25.9. The average molecular weight is 887 g/mol. The molecule has 362 valence electrons. The lowest BCUT2D eigenvalue weighted by molar-refractivity contribution is -0.167. The van der Waals surface area contributed by atoms with Crippen LogP contribution in [0.25, 0.3) is 0 Å². The summed E-state index contributed by atoms with van der Waals surface area (Å²) in [6.07, 6.45) is 69.2. The van der Waals surface area contributed by atoms with Crippen molar-refractivity contribution in [1.82, 2.24) is 0 Å². The molecule has 0 N–H and O–H groups in total. The van der Waals surface area contributed by atoms with E-state index in [1.807, 2.05) is 24.3 Å². The zero-order valence-electron chi connectivity index (χ0n) is 41.3. The second-order valence-corrected chi connectivity index (χ2v) is 16.8. The van der Waals surface area contributed by atoms with Crippen LogP contribution in [-0.4, -0.2) is 37.2 Å². The third-order valence-corrected chi connectivity index (χ3v) is 10.6. The highest BCUT2D eigenvalue weighted by atomic mass is 16.6. The van der Waals surface area contributed by atoms with Crippen molar-refractivity contribution in [3.8, 4) is 0 Å². The molecule has 6 nitrogen and oxygen atoms in total. The van der Waals surface area contributed by atoms with E-state index in [4.69, 9.17) is 14.2 Å². The Morgan fingerprint density at radius 1 is 0.344 bits per heavy atom. The predicted octanol–water partition coefficient (Wildman–Crippen LogP) is 17.1. The summed E-state index contributed by atoms with van der Waals surface area (Å²) >= 11 is 0. The standard InChI is InChI=1S/C58H94O6/c1-4-7-10-13-16-19-22-25-28-31-33-36-39-42-45-48-51-57(60)63-54-55(64-58(61)52-49-46-43-40-37-34-30-27-24-21-18-15-12-9-6-3)53-62-56(59)50-47-44-41-38-35-32-29-26-23-20-17-14-11-8-5-2/h7,9-10,12,15-16,18-21,23-25,27-28,30,33,36,55H,4-6,8,11,13-14,17,22,26,29,31-32,34-35,37-54H2,1-3H3/b10-7-,12-9-,18-15-,19-16-,23-20-,24-21-,28-25-,30-27-,36-33-. The van der Waals surface area contributed by atoms with Crippen molar-refractivity contribution in [2.24, 2.45) is 0 Å². The first kappa shape index (κ1) is 60.1. The first-order chi connectivity index (χ1) is 31.5. The number of hydrogen-bond donors (Lipinski definition) is 0. The number of unbranched alkanes of at least 4 members (excludes halogenated alkanes) is 19. The number of hydrogen-bond acceptors (Lipinski definition) is 6. The van der Waals surface area contributed by atoms with Gasteiger partial charge in [-0.05, 0) is 103 Å². The van der Waals surface area contributed by atoms with Crippen molar-refractivity contribution in [2.45, 2.75) is 226 Å². The molecule has 0 aliphatic rings. The molecule has 0 saturated heterocycles. The molecule has 1 unspecified atom stereocenters. The van der Waals surface area contributed by atoms with E-state index in [-0.39, 0.29) is 31.1 Å². The highest BCUT2D eigenvalue weighted by Gasteiger charge is 2.19. The highest BCUT2D eigenvalue weighted by Crippen LogP contribution is 2.13. The summed E-state index contributed by atoms with van der Waals surface area (Å²) < 4.78 is 16.8.